The van der Waals surface area contributed by atoms with E-state index in [-0.39, 0.29) is 12.1 Å². The SMILES string of the molecule is CCn1cc(-c2ccnc(NC(=O)N3c4nc(-c5ccnc(C)c5)ccc4N4CC[C@H]3C4)c2)cn1. The average molecular weight is 467 g/mol. The number of aryl methyl sites for hydroxylation is 2. The maximum Gasteiger partial charge on any atom is 0.329 e. The Bertz CT molecular complexity index is 1410. The summed E-state index contributed by atoms with van der Waals surface area (Å²) in [6, 6.07) is 11.7. The second-order valence-corrected chi connectivity index (χ2v) is 8.93. The minimum Gasteiger partial charge on any atom is -0.366 e. The second-order valence-electron chi connectivity index (χ2n) is 8.93. The van der Waals surface area contributed by atoms with E-state index in [9.17, 15) is 4.79 Å². The number of urea groups is 1. The molecule has 2 aliphatic heterocycles. The van der Waals surface area contributed by atoms with Gasteiger partial charge in [-0.25, -0.2) is 14.8 Å². The molecule has 0 spiro atoms. The van der Waals surface area contributed by atoms with Gasteiger partial charge in [0.25, 0.3) is 0 Å². The molecule has 1 fully saturated rings. The summed E-state index contributed by atoms with van der Waals surface area (Å²) < 4.78 is 1.87. The van der Waals surface area contributed by atoms with Crippen LogP contribution >= 0.6 is 0 Å². The molecule has 2 amide bonds. The first-order valence-electron chi connectivity index (χ1n) is 11.9. The number of rotatable bonds is 4. The van der Waals surface area contributed by atoms with Gasteiger partial charge in [0.1, 0.15) is 5.82 Å². The zero-order valence-electron chi connectivity index (χ0n) is 19.7. The molecule has 2 aliphatic rings. The van der Waals surface area contributed by atoms with Crippen LogP contribution in [0.15, 0.2) is 61.2 Å². The van der Waals surface area contributed by atoms with E-state index in [1.165, 1.54) is 0 Å². The highest BCUT2D eigenvalue weighted by Crippen LogP contribution is 2.40. The van der Waals surface area contributed by atoms with Crippen LogP contribution in [0.25, 0.3) is 22.4 Å². The van der Waals surface area contributed by atoms with Crippen LogP contribution in [-0.4, -0.2) is 49.9 Å². The van der Waals surface area contributed by atoms with Crippen LogP contribution in [0.2, 0.25) is 0 Å². The van der Waals surface area contributed by atoms with Crippen molar-refractivity contribution in [3.8, 4) is 22.4 Å². The molecule has 9 nitrogen and oxygen atoms in total. The van der Waals surface area contributed by atoms with Crippen LogP contribution < -0.4 is 15.1 Å². The molecule has 1 N–H and O–H groups in total. The fourth-order valence-corrected chi connectivity index (χ4v) is 4.87. The number of nitrogens with zero attached hydrogens (tertiary/aromatic N) is 7. The number of hydrogen-bond acceptors (Lipinski definition) is 6. The summed E-state index contributed by atoms with van der Waals surface area (Å²) in [7, 11) is 0. The number of aromatic nitrogens is 5. The predicted molar refractivity (Wildman–Crippen MR) is 135 cm³/mol. The summed E-state index contributed by atoms with van der Waals surface area (Å²) in [5.74, 6) is 1.18. The molecule has 0 radical (unpaired) electrons. The minimum absolute atomic E-state index is 0.0652. The number of carbonyl (C=O) groups excluding carboxylic acids is 1. The lowest BCUT2D eigenvalue weighted by molar-refractivity contribution is 0.254. The van der Waals surface area contributed by atoms with Crippen LogP contribution in [0.5, 0.6) is 0 Å². The monoisotopic (exact) mass is 466 g/mol. The third-order valence-corrected chi connectivity index (χ3v) is 6.65. The number of pyridine rings is 3. The van der Waals surface area contributed by atoms with Gasteiger partial charge in [0.15, 0.2) is 5.82 Å². The third kappa shape index (κ3) is 3.88. The normalized spacial score (nSPS) is 16.3. The zero-order chi connectivity index (χ0) is 23.9. The lowest BCUT2D eigenvalue weighted by Gasteiger charge is -2.35. The van der Waals surface area contributed by atoms with Crippen LogP contribution in [0.3, 0.4) is 0 Å². The van der Waals surface area contributed by atoms with Crippen molar-refractivity contribution in [1.82, 2.24) is 24.7 Å². The summed E-state index contributed by atoms with van der Waals surface area (Å²) in [6.45, 7) is 6.52. The van der Waals surface area contributed by atoms with E-state index in [0.717, 1.165) is 59.8 Å². The first-order chi connectivity index (χ1) is 17.1. The summed E-state index contributed by atoms with van der Waals surface area (Å²) in [5, 5.41) is 7.36. The largest absolute Gasteiger partial charge is 0.366 e. The topological polar surface area (TPSA) is 92.1 Å². The van der Waals surface area contributed by atoms with E-state index in [1.807, 2.05) is 61.3 Å². The van der Waals surface area contributed by atoms with Crippen molar-refractivity contribution in [3.63, 3.8) is 0 Å². The highest BCUT2D eigenvalue weighted by atomic mass is 16.2. The zero-order valence-corrected chi connectivity index (χ0v) is 19.7. The number of fused-ring (bicyclic) bond motifs is 4. The van der Waals surface area contributed by atoms with Crippen LogP contribution in [0, 0.1) is 6.92 Å². The van der Waals surface area contributed by atoms with Gasteiger partial charge in [0, 0.05) is 55.0 Å². The van der Waals surface area contributed by atoms with E-state index in [2.05, 4.69) is 31.3 Å². The lowest BCUT2D eigenvalue weighted by atomic mass is 10.1. The first kappa shape index (κ1) is 21.3. The van der Waals surface area contributed by atoms with Crippen molar-refractivity contribution in [1.29, 1.82) is 0 Å². The average Bonchev–Trinajstić information content (AvgIpc) is 3.52. The smallest absolute Gasteiger partial charge is 0.329 e. The van der Waals surface area contributed by atoms with Crippen LogP contribution in [0.4, 0.5) is 22.1 Å². The first-order valence-corrected chi connectivity index (χ1v) is 11.9. The summed E-state index contributed by atoms with van der Waals surface area (Å²) in [4.78, 5) is 31.4. The van der Waals surface area contributed by atoms with Crippen molar-refractivity contribution in [2.24, 2.45) is 0 Å². The Morgan fingerprint density at radius 1 is 1.09 bits per heavy atom. The Morgan fingerprint density at radius 3 is 2.77 bits per heavy atom. The molecule has 176 valence electrons. The van der Waals surface area contributed by atoms with Gasteiger partial charge in [0.2, 0.25) is 0 Å². The number of carbonyl (C=O) groups is 1. The summed E-state index contributed by atoms with van der Waals surface area (Å²) in [6.07, 6.45) is 8.20. The lowest BCUT2D eigenvalue weighted by Crippen LogP contribution is -2.48. The standard InChI is InChI=1S/C26H26N8O/c1-3-33-15-20(14-29-33)18-6-10-28-24(13-18)31-26(35)34-21-8-11-32(16-21)23-5-4-22(30-25(23)34)19-7-9-27-17(2)12-19/h4-7,9-10,12-15,21H,3,8,11,16H2,1-2H3,(H,28,31,35)/t21-/m0/s1. The number of anilines is 3. The number of nitrogens with one attached hydrogen (secondary N) is 1. The van der Waals surface area contributed by atoms with Gasteiger partial charge in [-0.3, -0.25) is 19.9 Å². The quantitative estimate of drug-likeness (QED) is 0.480. The third-order valence-electron chi connectivity index (χ3n) is 6.65. The maximum absolute atomic E-state index is 13.6. The Labute approximate surface area is 203 Å². The van der Waals surface area contributed by atoms with Crippen molar-refractivity contribution >= 4 is 23.4 Å². The van der Waals surface area contributed by atoms with E-state index in [4.69, 9.17) is 4.98 Å². The van der Waals surface area contributed by atoms with Gasteiger partial charge in [0.05, 0.1) is 23.6 Å². The Morgan fingerprint density at radius 2 is 1.94 bits per heavy atom. The van der Waals surface area contributed by atoms with E-state index in [0.29, 0.717) is 11.6 Å². The van der Waals surface area contributed by atoms with Crippen molar-refractivity contribution in [2.75, 3.05) is 28.2 Å². The molecule has 4 aromatic heterocycles. The molecule has 1 saturated heterocycles. The van der Waals surface area contributed by atoms with Gasteiger partial charge in [-0.1, -0.05) is 0 Å². The second kappa shape index (κ2) is 8.50. The van der Waals surface area contributed by atoms with Crippen molar-refractivity contribution < 1.29 is 4.79 Å². The van der Waals surface area contributed by atoms with Gasteiger partial charge in [-0.2, -0.15) is 5.10 Å². The highest BCUT2D eigenvalue weighted by Gasteiger charge is 2.40. The molecule has 9 heteroatoms. The van der Waals surface area contributed by atoms with Gasteiger partial charge in [-0.05, 0) is 62.2 Å². The summed E-state index contributed by atoms with van der Waals surface area (Å²) >= 11 is 0. The van der Waals surface area contributed by atoms with Gasteiger partial charge in [-0.15, -0.1) is 0 Å². The fraction of sp³-hybridized carbons (Fsp3) is 0.269. The van der Waals surface area contributed by atoms with E-state index in [1.54, 1.807) is 17.3 Å². The van der Waals surface area contributed by atoms with E-state index < -0.39 is 0 Å². The predicted octanol–water partition coefficient (Wildman–Crippen LogP) is 4.36. The molecule has 0 unspecified atom stereocenters. The van der Waals surface area contributed by atoms with Crippen LogP contribution in [-0.2, 0) is 6.54 Å². The molecule has 0 saturated carbocycles. The molecule has 6 heterocycles. The molecule has 6 rings (SSSR count). The molecular weight excluding hydrogens is 440 g/mol. The molecular formula is C26H26N8O. The van der Waals surface area contributed by atoms with Crippen LogP contribution in [0.1, 0.15) is 19.0 Å². The van der Waals surface area contributed by atoms with Gasteiger partial charge < -0.3 is 4.90 Å². The summed E-state index contributed by atoms with van der Waals surface area (Å²) in [5.41, 5.74) is 5.65. The molecule has 0 aliphatic carbocycles. The van der Waals surface area contributed by atoms with Crippen molar-refractivity contribution in [2.45, 2.75) is 32.9 Å². The van der Waals surface area contributed by atoms with E-state index >= 15 is 0 Å². The Kier molecular flexibility index (Phi) is 5.17. The molecule has 2 bridgehead atoms. The molecule has 0 aromatic carbocycles. The Balaban J connectivity index is 1.32. The molecule has 4 aromatic rings. The number of hydrogen-bond donors (Lipinski definition) is 1. The molecule has 1 atom stereocenters. The van der Waals surface area contributed by atoms with Crippen molar-refractivity contribution in [3.05, 3.63) is 66.9 Å². The number of amides is 2. The highest BCUT2D eigenvalue weighted by molar-refractivity contribution is 6.04. The Hall–Kier alpha value is -4.27. The maximum atomic E-state index is 13.6. The fourth-order valence-electron chi connectivity index (χ4n) is 4.87. The van der Waals surface area contributed by atoms with Gasteiger partial charge >= 0.3 is 6.03 Å². The minimum atomic E-state index is -0.220. The molecule has 35 heavy (non-hydrogen) atoms.